The zero-order valence-electron chi connectivity index (χ0n) is 7.52. The van der Waals surface area contributed by atoms with E-state index in [0.29, 0.717) is 0 Å². The Kier molecular flexibility index (Phi) is 3.33. The molecule has 1 aromatic heterocycles. The van der Waals surface area contributed by atoms with Crippen molar-refractivity contribution >= 4 is 11.9 Å². The lowest BCUT2D eigenvalue weighted by atomic mass is 10.4. The van der Waals surface area contributed by atoms with Crippen LogP contribution in [-0.4, -0.2) is 29.1 Å². The van der Waals surface area contributed by atoms with Gasteiger partial charge in [0.05, 0.1) is 0 Å². The van der Waals surface area contributed by atoms with Crippen LogP contribution in [0.1, 0.15) is 6.92 Å². The minimum atomic E-state index is -0.496. The minimum Gasteiger partial charge on any atom is -0.372 e. The van der Waals surface area contributed by atoms with E-state index in [0.717, 1.165) is 0 Å². The van der Waals surface area contributed by atoms with Gasteiger partial charge in [0.25, 0.3) is 5.91 Å². The van der Waals surface area contributed by atoms with Gasteiger partial charge >= 0.3 is 0 Å². The summed E-state index contributed by atoms with van der Waals surface area (Å²) in [6.07, 6.45) is 2.61. The number of nitrogens with zero attached hydrogens (tertiary/aromatic N) is 2. The number of aromatic nitrogens is 2. The number of carbonyl (C=O) groups is 1. The molecule has 0 saturated heterocycles. The molecule has 0 radical (unpaired) electrons. The number of amides is 1. The highest BCUT2D eigenvalue weighted by Gasteiger charge is 2.11. The number of carbonyl (C=O) groups excluding carboxylic acids is 1. The lowest BCUT2D eigenvalue weighted by Gasteiger charge is -2.08. The molecule has 0 aliphatic carbocycles. The summed E-state index contributed by atoms with van der Waals surface area (Å²) in [4.78, 5) is 18.9. The summed E-state index contributed by atoms with van der Waals surface area (Å²) in [6.45, 7) is 1.65. The van der Waals surface area contributed by atoms with E-state index in [1.165, 1.54) is 7.11 Å². The third-order valence-electron chi connectivity index (χ3n) is 1.52. The van der Waals surface area contributed by atoms with Crippen LogP contribution in [0, 0.1) is 0 Å². The first-order chi connectivity index (χ1) is 6.24. The van der Waals surface area contributed by atoms with Crippen LogP contribution < -0.4 is 5.32 Å². The maximum atomic E-state index is 11.2. The van der Waals surface area contributed by atoms with Crippen LogP contribution in [-0.2, 0) is 9.53 Å². The predicted octanol–water partition coefficient (Wildman–Crippen LogP) is 0.450. The Balaban J connectivity index is 2.55. The molecule has 1 unspecified atom stereocenters. The molecule has 0 aliphatic rings. The third-order valence-corrected chi connectivity index (χ3v) is 1.52. The van der Waals surface area contributed by atoms with Crippen LogP contribution in [0.15, 0.2) is 18.5 Å². The average Bonchev–Trinajstić information content (AvgIpc) is 2.18. The van der Waals surface area contributed by atoms with Crippen LogP contribution in [0.25, 0.3) is 0 Å². The maximum Gasteiger partial charge on any atom is 0.255 e. The van der Waals surface area contributed by atoms with Gasteiger partial charge in [-0.05, 0) is 13.0 Å². The van der Waals surface area contributed by atoms with Gasteiger partial charge in [-0.3, -0.25) is 10.1 Å². The number of hydrogen-bond donors (Lipinski definition) is 1. The van der Waals surface area contributed by atoms with Crippen LogP contribution >= 0.6 is 0 Å². The van der Waals surface area contributed by atoms with E-state index in [1.807, 2.05) is 0 Å². The summed E-state index contributed by atoms with van der Waals surface area (Å²) in [5.41, 5.74) is 0. The molecule has 13 heavy (non-hydrogen) atoms. The number of nitrogens with one attached hydrogen (secondary N) is 1. The topological polar surface area (TPSA) is 64.1 Å². The molecule has 1 amide bonds. The van der Waals surface area contributed by atoms with Gasteiger partial charge in [0, 0.05) is 19.5 Å². The normalized spacial score (nSPS) is 12.2. The fraction of sp³-hybridized carbons (Fsp3) is 0.375. The van der Waals surface area contributed by atoms with Crippen molar-refractivity contribution in [1.29, 1.82) is 0 Å². The summed E-state index contributed by atoms with van der Waals surface area (Å²) >= 11 is 0. The fourth-order valence-corrected chi connectivity index (χ4v) is 0.683. The van der Waals surface area contributed by atoms with Gasteiger partial charge in [0.1, 0.15) is 6.10 Å². The fourth-order valence-electron chi connectivity index (χ4n) is 0.683. The van der Waals surface area contributed by atoms with Crippen molar-refractivity contribution in [1.82, 2.24) is 9.97 Å². The first kappa shape index (κ1) is 9.60. The zero-order chi connectivity index (χ0) is 9.68. The van der Waals surface area contributed by atoms with Gasteiger partial charge in [-0.15, -0.1) is 0 Å². The van der Waals surface area contributed by atoms with Gasteiger partial charge in [-0.25, -0.2) is 9.97 Å². The third kappa shape index (κ3) is 2.79. The Morgan fingerprint density at radius 3 is 2.69 bits per heavy atom. The second kappa shape index (κ2) is 4.51. The van der Waals surface area contributed by atoms with Crippen LogP contribution in [0.2, 0.25) is 0 Å². The highest BCUT2D eigenvalue weighted by atomic mass is 16.5. The summed E-state index contributed by atoms with van der Waals surface area (Å²) in [5, 5.41) is 2.51. The smallest absolute Gasteiger partial charge is 0.255 e. The maximum absolute atomic E-state index is 11.2. The number of methoxy groups -OCH3 is 1. The molecule has 70 valence electrons. The molecule has 0 bridgehead atoms. The number of rotatable bonds is 3. The monoisotopic (exact) mass is 181 g/mol. The van der Waals surface area contributed by atoms with Gasteiger partial charge in [0.15, 0.2) is 0 Å². The second-order valence-corrected chi connectivity index (χ2v) is 2.44. The van der Waals surface area contributed by atoms with E-state index < -0.39 is 6.10 Å². The van der Waals surface area contributed by atoms with E-state index in [2.05, 4.69) is 15.3 Å². The predicted molar refractivity (Wildman–Crippen MR) is 47.1 cm³/mol. The lowest BCUT2D eigenvalue weighted by molar-refractivity contribution is -0.124. The first-order valence-corrected chi connectivity index (χ1v) is 3.84. The van der Waals surface area contributed by atoms with Crippen molar-refractivity contribution in [2.75, 3.05) is 12.4 Å². The Hall–Kier alpha value is -1.49. The zero-order valence-corrected chi connectivity index (χ0v) is 7.52. The first-order valence-electron chi connectivity index (χ1n) is 3.84. The molecule has 1 N–H and O–H groups in total. The van der Waals surface area contributed by atoms with Gasteiger partial charge in [0.2, 0.25) is 5.95 Å². The molecular weight excluding hydrogens is 170 g/mol. The van der Waals surface area contributed by atoms with Gasteiger partial charge in [-0.2, -0.15) is 0 Å². The van der Waals surface area contributed by atoms with Crippen molar-refractivity contribution in [3.8, 4) is 0 Å². The second-order valence-electron chi connectivity index (χ2n) is 2.44. The summed E-state index contributed by atoms with van der Waals surface area (Å²) < 4.78 is 4.82. The van der Waals surface area contributed by atoms with Crippen molar-refractivity contribution in [3.05, 3.63) is 18.5 Å². The lowest BCUT2D eigenvalue weighted by Crippen LogP contribution is -2.27. The van der Waals surface area contributed by atoms with E-state index in [1.54, 1.807) is 25.4 Å². The van der Waals surface area contributed by atoms with Gasteiger partial charge < -0.3 is 4.74 Å². The van der Waals surface area contributed by atoms with Crippen molar-refractivity contribution in [2.24, 2.45) is 0 Å². The number of ether oxygens (including phenoxy) is 1. The standard InChI is InChI=1S/C8H11N3O2/c1-6(13-2)7(12)11-8-9-4-3-5-10-8/h3-6H,1-2H3,(H,9,10,11,12). The largest absolute Gasteiger partial charge is 0.372 e. The quantitative estimate of drug-likeness (QED) is 0.735. The molecular formula is C8H11N3O2. The Labute approximate surface area is 76.2 Å². The van der Waals surface area contributed by atoms with Crippen molar-refractivity contribution in [2.45, 2.75) is 13.0 Å². The molecule has 1 aromatic rings. The van der Waals surface area contributed by atoms with Crippen LogP contribution in [0.5, 0.6) is 0 Å². The van der Waals surface area contributed by atoms with Crippen molar-refractivity contribution < 1.29 is 9.53 Å². The minimum absolute atomic E-state index is 0.256. The Morgan fingerprint density at radius 2 is 2.15 bits per heavy atom. The van der Waals surface area contributed by atoms with Gasteiger partial charge in [-0.1, -0.05) is 0 Å². The molecule has 0 fully saturated rings. The molecule has 0 aromatic carbocycles. The van der Waals surface area contributed by atoms with E-state index in [4.69, 9.17) is 4.74 Å². The SMILES string of the molecule is COC(C)C(=O)Nc1ncccn1. The van der Waals surface area contributed by atoms with E-state index >= 15 is 0 Å². The Morgan fingerprint density at radius 1 is 1.54 bits per heavy atom. The molecule has 5 nitrogen and oxygen atoms in total. The molecule has 5 heteroatoms. The summed E-state index contributed by atoms with van der Waals surface area (Å²) in [7, 11) is 1.47. The highest BCUT2D eigenvalue weighted by Crippen LogP contribution is 1.97. The molecule has 1 rings (SSSR count). The van der Waals surface area contributed by atoms with Crippen LogP contribution in [0.3, 0.4) is 0 Å². The average molecular weight is 181 g/mol. The van der Waals surface area contributed by atoms with Crippen molar-refractivity contribution in [3.63, 3.8) is 0 Å². The molecule has 0 spiro atoms. The number of anilines is 1. The van der Waals surface area contributed by atoms with E-state index in [9.17, 15) is 4.79 Å². The number of hydrogen-bond acceptors (Lipinski definition) is 4. The Bertz CT molecular complexity index is 276. The summed E-state index contributed by atoms with van der Waals surface area (Å²) in [5.74, 6) is 0.0325. The molecule has 1 atom stereocenters. The van der Waals surface area contributed by atoms with Crippen LogP contribution in [0.4, 0.5) is 5.95 Å². The molecule has 0 saturated carbocycles. The molecule has 1 heterocycles. The van der Waals surface area contributed by atoms with E-state index in [-0.39, 0.29) is 11.9 Å². The highest BCUT2D eigenvalue weighted by molar-refractivity contribution is 5.92. The molecule has 0 aliphatic heterocycles. The summed E-state index contributed by atoms with van der Waals surface area (Å²) in [6, 6.07) is 1.68.